The van der Waals surface area contributed by atoms with E-state index in [2.05, 4.69) is 5.32 Å². The summed E-state index contributed by atoms with van der Waals surface area (Å²) in [6.45, 7) is 0. The SMILES string of the molecule is CNC(CCCS(C)(=O)=O)c1ccc(C(F)(F)F)cc1. The summed E-state index contributed by atoms with van der Waals surface area (Å²) in [5, 5.41) is 2.99. The lowest BCUT2D eigenvalue weighted by atomic mass is 10.0. The Kier molecular flexibility index (Phi) is 5.59. The molecule has 1 N–H and O–H groups in total. The molecule has 114 valence electrons. The van der Waals surface area contributed by atoms with Crippen LogP contribution in [0.5, 0.6) is 0 Å². The largest absolute Gasteiger partial charge is 0.416 e. The maximum absolute atomic E-state index is 12.5. The van der Waals surface area contributed by atoms with E-state index >= 15 is 0 Å². The van der Waals surface area contributed by atoms with Crippen molar-refractivity contribution in [3.05, 3.63) is 35.4 Å². The molecule has 20 heavy (non-hydrogen) atoms. The zero-order valence-corrected chi connectivity index (χ0v) is 12.2. The molecule has 0 amide bonds. The Morgan fingerprint density at radius 1 is 1.20 bits per heavy atom. The molecule has 0 aliphatic heterocycles. The monoisotopic (exact) mass is 309 g/mol. The Bertz CT molecular complexity index is 524. The van der Waals surface area contributed by atoms with Gasteiger partial charge in [-0.25, -0.2) is 8.42 Å². The fourth-order valence-corrected chi connectivity index (χ4v) is 2.62. The van der Waals surface area contributed by atoms with Gasteiger partial charge in [0.1, 0.15) is 9.84 Å². The molecule has 0 aliphatic rings. The zero-order valence-electron chi connectivity index (χ0n) is 11.4. The summed E-state index contributed by atoms with van der Waals surface area (Å²) < 4.78 is 59.5. The molecular formula is C13H18F3NO2S. The lowest BCUT2D eigenvalue weighted by Crippen LogP contribution is -2.18. The minimum Gasteiger partial charge on any atom is -0.313 e. The molecule has 0 heterocycles. The van der Waals surface area contributed by atoms with Crippen molar-refractivity contribution in [1.29, 1.82) is 0 Å². The summed E-state index contributed by atoms with van der Waals surface area (Å²) in [5.41, 5.74) is 0.0289. The molecule has 0 saturated heterocycles. The van der Waals surface area contributed by atoms with Crippen LogP contribution in [0.1, 0.15) is 30.0 Å². The second-order valence-electron chi connectivity index (χ2n) is 4.73. The summed E-state index contributed by atoms with van der Waals surface area (Å²) in [4.78, 5) is 0. The molecule has 1 rings (SSSR count). The zero-order chi connectivity index (χ0) is 15.4. The van der Waals surface area contributed by atoms with Crippen LogP contribution in [-0.4, -0.2) is 27.5 Å². The van der Waals surface area contributed by atoms with E-state index in [0.29, 0.717) is 18.4 Å². The highest BCUT2D eigenvalue weighted by molar-refractivity contribution is 7.90. The molecular weight excluding hydrogens is 291 g/mol. The van der Waals surface area contributed by atoms with E-state index in [0.717, 1.165) is 12.1 Å². The molecule has 0 aliphatic carbocycles. The first-order chi connectivity index (χ1) is 9.13. The molecule has 1 aromatic rings. The van der Waals surface area contributed by atoms with Crippen molar-refractivity contribution in [3.8, 4) is 0 Å². The molecule has 0 fully saturated rings. The standard InChI is InChI=1S/C13H18F3NO2S/c1-17-12(4-3-9-20(2,18)19)10-5-7-11(8-6-10)13(14,15)16/h5-8,12,17H,3-4,9H2,1-2H3. The Balaban J connectivity index is 2.71. The van der Waals surface area contributed by atoms with Crippen molar-refractivity contribution in [3.63, 3.8) is 0 Å². The van der Waals surface area contributed by atoms with Gasteiger partial charge in [0.05, 0.1) is 5.56 Å². The first-order valence-electron chi connectivity index (χ1n) is 6.15. The summed E-state index contributed by atoms with van der Waals surface area (Å²) in [6, 6.07) is 4.76. The van der Waals surface area contributed by atoms with E-state index in [9.17, 15) is 21.6 Å². The first kappa shape index (κ1) is 17.0. The van der Waals surface area contributed by atoms with E-state index in [1.165, 1.54) is 18.4 Å². The van der Waals surface area contributed by atoms with Crippen molar-refractivity contribution >= 4 is 9.84 Å². The number of rotatable bonds is 6. The maximum Gasteiger partial charge on any atom is 0.416 e. The van der Waals surface area contributed by atoms with Crippen LogP contribution < -0.4 is 5.32 Å². The molecule has 1 atom stereocenters. The second kappa shape index (κ2) is 6.58. The smallest absolute Gasteiger partial charge is 0.313 e. The fraction of sp³-hybridized carbons (Fsp3) is 0.538. The molecule has 3 nitrogen and oxygen atoms in total. The number of alkyl halides is 3. The average molecular weight is 309 g/mol. The minimum atomic E-state index is -4.34. The molecule has 0 bridgehead atoms. The van der Waals surface area contributed by atoms with Crippen LogP contribution in [-0.2, 0) is 16.0 Å². The molecule has 0 radical (unpaired) electrons. The number of nitrogens with one attached hydrogen (secondary N) is 1. The van der Waals surface area contributed by atoms with Gasteiger partial charge in [0.2, 0.25) is 0 Å². The topological polar surface area (TPSA) is 46.2 Å². The minimum absolute atomic E-state index is 0.0752. The molecule has 1 aromatic carbocycles. The fourth-order valence-electron chi connectivity index (χ4n) is 1.93. The van der Waals surface area contributed by atoms with E-state index in [-0.39, 0.29) is 11.8 Å². The second-order valence-corrected chi connectivity index (χ2v) is 6.99. The van der Waals surface area contributed by atoms with Gasteiger partial charge in [-0.15, -0.1) is 0 Å². The Morgan fingerprint density at radius 2 is 1.75 bits per heavy atom. The van der Waals surface area contributed by atoms with E-state index < -0.39 is 21.6 Å². The van der Waals surface area contributed by atoms with Gasteiger partial charge in [0, 0.05) is 18.1 Å². The van der Waals surface area contributed by atoms with Gasteiger partial charge in [-0.3, -0.25) is 0 Å². The van der Waals surface area contributed by atoms with Gasteiger partial charge in [-0.05, 0) is 37.6 Å². The van der Waals surface area contributed by atoms with Crippen LogP contribution in [0.15, 0.2) is 24.3 Å². The lowest BCUT2D eigenvalue weighted by Gasteiger charge is -2.17. The average Bonchev–Trinajstić information content (AvgIpc) is 2.32. The number of halogens is 3. The Morgan fingerprint density at radius 3 is 2.15 bits per heavy atom. The van der Waals surface area contributed by atoms with Crippen molar-refractivity contribution in [2.24, 2.45) is 0 Å². The molecule has 0 saturated carbocycles. The third kappa shape index (κ3) is 5.50. The van der Waals surface area contributed by atoms with Crippen molar-refractivity contribution in [2.45, 2.75) is 25.1 Å². The predicted molar refractivity (Wildman–Crippen MR) is 72.2 cm³/mol. The third-order valence-corrected chi connectivity index (χ3v) is 4.03. The Labute approximate surface area is 117 Å². The molecule has 0 aromatic heterocycles. The van der Waals surface area contributed by atoms with Crippen molar-refractivity contribution in [2.75, 3.05) is 19.1 Å². The Hall–Kier alpha value is -1.08. The van der Waals surface area contributed by atoms with Crippen LogP contribution in [0.2, 0.25) is 0 Å². The van der Waals surface area contributed by atoms with Crippen LogP contribution in [0, 0.1) is 0 Å². The quantitative estimate of drug-likeness (QED) is 0.879. The first-order valence-corrected chi connectivity index (χ1v) is 8.21. The van der Waals surface area contributed by atoms with Crippen LogP contribution in [0.3, 0.4) is 0 Å². The molecule has 7 heteroatoms. The third-order valence-electron chi connectivity index (χ3n) is 3.00. The van der Waals surface area contributed by atoms with Gasteiger partial charge in [0.25, 0.3) is 0 Å². The van der Waals surface area contributed by atoms with Gasteiger partial charge >= 0.3 is 6.18 Å². The number of benzene rings is 1. The van der Waals surface area contributed by atoms with E-state index in [1.54, 1.807) is 7.05 Å². The summed E-state index contributed by atoms with van der Waals surface area (Å²) in [6.07, 6.45) is -2.16. The highest BCUT2D eigenvalue weighted by atomic mass is 32.2. The summed E-state index contributed by atoms with van der Waals surface area (Å²) in [7, 11) is -1.32. The number of sulfone groups is 1. The number of hydrogen-bond donors (Lipinski definition) is 1. The lowest BCUT2D eigenvalue weighted by molar-refractivity contribution is -0.137. The molecule has 1 unspecified atom stereocenters. The maximum atomic E-state index is 12.5. The highest BCUT2D eigenvalue weighted by Crippen LogP contribution is 2.30. The van der Waals surface area contributed by atoms with Gasteiger partial charge < -0.3 is 5.32 Å². The predicted octanol–water partition coefficient (Wildman–Crippen LogP) is 2.79. The normalized spacial score (nSPS) is 14.2. The van der Waals surface area contributed by atoms with Gasteiger partial charge in [0.15, 0.2) is 0 Å². The van der Waals surface area contributed by atoms with Gasteiger partial charge in [-0.2, -0.15) is 13.2 Å². The summed E-state index contributed by atoms with van der Waals surface area (Å²) in [5.74, 6) is 0.0752. The van der Waals surface area contributed by atoms with Crippen molar-refractivity contribution < 1.29 is 21.6 Å². The highest BCUT2D eigenvalue weighted by Gasteiger charge is 2.30. The van der Waals surface area contributed by atoms with Crippen LogP contribution >= 0.6 is 0 Å². The van der Waals surface area contributed by atoms with E-state index in [1.807, 2.05) is 0 Å². The van der Waals surface area contributed by atoms with Crippen LogP contribution in [0.25, 0.3) is 0 Å². The van der Waals surface area contributed by atoms with Crippen molar-refractivity contribution in [1.82, 2.24) is 5.32 Å². The molecule has 0 spiro atoms. The number of hydrogen-bond acceptors (Lipinski definition) is 3. The summed E-state index contributed by atoms with van der Waals surface area (Å²) >= 11 is 0. The van der Waals surface area contributed by atoms with Crippen LogP contribution in [0.4, 0.5) is 13.2 Å². The van der Waals surface area contributed by atoms with E-state index in [4.69, 9.17) is 0 Å². The van der Waals surface area contributed by atoms with Gasteiger partial charge in [-0.1, -0.05) is 12.1 Å².